The summed E-state index contributed by atoms with van der Waals surface area (Å²) in [5, 5.41) is 13.5. The fraction of sp³-hybridized carbons (Fsp3) is 0.625. The van der Waals surface area contributed by atoms with Gasteiger partial charge in [0.25, 0.3) is 0 Å². The molecule has 3 rings (SSSR count). The van der Waals surface area contributed by atoms with Crippen molar-refractivity contribution in [1.29, 1.82) is 0 Å². The average molecular weight is 755 g/mol. The van der Waals surface area contributed by atoms with Crippen LogP contribution in [0.2, 0.25) is 0 Å². The number of nitrogens with one attached hydrogen (secondary N) is 1. The van der Waals surface area contributed by atoms with Crippen LogP contribution in [0.15, 0.2) is 10.2 Å². The van der Waals surface area contributed by atoms with Crippen LogP contribution in [0.25, 0.3) is 0 Å². The first-order valence-corrected chi connectivity index (χ1v) is 16.5. The van der Waals surface area contributed by atoms with Gasteiger partial charge in [-0.2, -0.15) is 19.0 Å². The first kappa shape index (κ1) is 45.9. The van der Waals surface area contributed by atoms with Gasteiger partial charge in [-0.15, -0.1) is 0 Å². The van der Waals surface area contributed by atoms with Gasteiger partial charge in [0, 0.05) is 24.4 Å². The van der Waals surface area contributed by atoms with Crippen molar-refractivity contribution < 1.29 is 64.8 Å². The van der Waals surface area contributed by atoms with E-state index in [-0.39, 0.29) is 57.1 Å². The number of amides is 3. The third-order valence-corrected chi connectivity index (χ3v) is 6.29. The van der Waals surface area contributed by atoms with Gasteiger partial charge in [-0.25, -0.2) is 23.2 Å². The van der Waals surface area contributed by atoms with E-state index >= 15 is 0 Å². The number of hydrogen-bond acceptors (Lipinski definition) is 12. The van der Waals surface area contributed by atoms with E-state index in [0.717, 1.165) is 18.0 Å². The molecule has 0 radical (unpaired) electrons. The fourth-order valence-corrected chi connectivity index (χ4v) is 3.96. The minimum Gasteiger partial charge on any atom is -0.420 e. The number of nitrogens with two attached hydrogens (primary N) is 1. The molecule has 0 bridgehead atoms. The Morgan fingerprint density at radius 1 is 0.673 bits per heavy atom. The summed E-state index contributed by atoms with van der Waals surface area (Å²) < 4.78 is 90.9. The minimum absolute atomic E-state index is 0.00537. The molecular weight excluding hydrogens is 707 g/mol. The lowest BCUT2D eigenvalue weighted by molar-refractivity contribution is -0.136. The lowest BCUT2D eigenvalue weighted by Crippen LogP contribution is -2.26. The minimum atomic E-state index is -2.35. The van der Waals surface area contributed by atoms with Gasteiger partial charge in [0.2, 0.25) is 52.6 Å². The SMILES string of the molecule is CC1=NN(CCOCCOCCC(=O)Oc2c(F)c(F)c(F)c(F)c2F)C(=O)C1.CCN.CCNC(=O)CCOCCOCCN1N=C(C)CC1=O. The topological polar surface area (TPSA) is 184 Å². The number of carbonyl (C=O) groups is 4. The third-order valence-electron chi connectivity index (χ3n) is 6.29. The van der Waals surface area contributed by atoms with E-state index < -0.39 is 47.2 Å². The Kier molecular flexibility index (Phi) is 22.8. The predicted molar refractivity (Wildman–Crippen MR) is 177 cm³/mol. The van der Waals surface area contributed by atoms with Crippen LogP contribution in [0.4, 0.5) is 22.0 Å². The Morgan fingerprint density at radius 2 is 1.06 bits per heavy atom. The molecule has 15 nitrogen and oxygen atoms in total. The van der Waals surface area contributed by atoms with E-state index in [1.54, 1.807) is 6.92 Å². The molecule has 1 aromatic carbocycles. The summed E-state index contributed by atoms with van der Waals surface area (Å²) in [7, 11) is 0. The second kappa shape index (κ2) is 25.8. The van der Waals surface area contributed by atoms with Crippen LogP contribution in [0.5, 0.6) is 5.75 Å². The van der Waals surface area contributed by atoms with Gasteiger partial charge < -0.3 is 34.7 Å². The summed E-state index contributed by atoms with van der Waals surface area (Å²) >= 11 is 0. The number of esters is 1. The Bertz CT molecular complexity index is 1360. The normalized spacial score (nSPS) is 13.7. The van der Waals surface area contributed by atoms with E-state index in [2.05, 4.69) is 20.3 Å². The van der Waals surface area contributed by atoms with Crippen molar-refractivity contribution in [2.75, 3.05) is 79.0 Å². The Morgan fingerprint density at radius 3 is 1.44 bits per heavy atom. The molecule has 52 heavy (non-hydrogen) atoms. The van der Waals surface area contributed by atoms with E-state index in [4.69, 9.17) is 24.7 Å². The van der Waals surface area contributed by atoms with Gasteiger partial charge in [-0.05, 0) is 27.3 Å². The zero-order chi connectivity index (χ0) is 39.1. The third kappa shape index (κ3) is 17.4. The quantitative estimate of drug-likeness (QED) is 0.0501. The van der Waals surface area contributed by atoms with Crippen LogP contribution >= 0.6 is 0 Å². The van der Waals surface area contributed by atoms with Gasteiger partial charge in [-0.3, -0.25) is 19.2 Å². The molecule has 0 saturated carbocycles. The maximum Gasteiger partial charge on any atom is 0.313 e. The second-order valence-corrected chi connectivity index (χ2v) is 10.7. The Balaban J connectivity index is 0.000000512. The van der Waals surface area contributed by atoms with Gasteiger partial charge in [-0.1, -0.05) is 6.92 Å². The number of nitrogens with zero attached hydrogens (tertiary/aromatic N) is 4. The van der Waals surface area contributed by atoms with E-state index in [1.165, 1.54) is 10.0 Å². The van der Waals surface area contributed by atoms with Crippen LogP contribution in [0.3, 0.4) is 0 Å². The number of hydrogen-bond donors (Lipinski definition) is 2. The molecule has 294 valence electrons. The molecule has 0 unspecified atom stereocenters. The van der Waals surface area contributed by atoms with Gasteiger partial charge in [0.15, 0.2) is 0 Å². The van der Waals surface area contributed by atoms with Gasteiger partial charge in [0.05, 0.1) is 85.2 Å². The molecule has 0 saturated heterocycles. The molecule has 2 aliphatic heterocycles. The van der Waals surface area contributed by atoms with Crippen LogP contribution in [-0.4, -0.2) is 124 Å². The van der Waals surface area contributed by atoms with Crippen molar-refractivity contribution in [1.82, 2.24) is 15.3 Å². The summed E-state index contributed by atoms with van der Waals surface area (Å²) in [6.07, 6.45) is 0.563. The molecule has 0 fully saturated rings. The number of rotatable bonds is 20. The lowest BCUT2D eigenvalue weighted by atomic mass is 10.2. The average Bonchev–Trinajstić information content (AvgIpc) is 3.60. The van der Waals surface area contributed by atoms with Crippen LogP contribution in [0.1, 0.15) is 53.4 Å². The summed E-state index contributed by atoms with van der Waals surface area (Å²) in [6, 6.07) is 0. The molecule has 2 aliphatic rings. The lowest BCUT2D eigenvalue weighted by Gasteiger charge is -2.12. The molecule has 3 N–H and O–H groups in total. The van der Waals surface area contributed by atoms with Crippen molar-refractivity contribution in [2.24, 2.45) is 15.9 Å². The molecule has 20 heteroatoms. The van der Waals surface area contributed by atoms with Crippen molar-refractivity contribution in [3.8, 4) is 5.75 Å². The zero-order valence-corrected chi connectivity index (χ0v) is 29.7. The molecular formula is C32H47F5N6O9. The molecule has 3 amide bonds. The predicted octanol–water partition coefficient (Wildman–Crippen LogP) is 2.44. The van der Waals surface area contributed by atoms with E-state index in [1.807, 2.05) is 20.8 Å². The smallest absolute Gasteiger partial charge is 0.313 e. The maximum absolute atomic E-state index is 13.4. The highest BCUT2D eigenvalue weighted by Gasteiger charge is 2.28. The van der Waals surface area contributed by atoms with Crippen molar-refractivity contribution in [2.45, 2.75) is 53.4 Å². The Labute approximate surface area is 298 Å². The molecule has 1 aromatic rings. The first-order chi connectivity index (χ1) is 24.8. The van der Waals surface area contributed by atoms with Crippen molar-refractivity contribution in [3.63, 3.8) is 0 Å². The second-order valence-electron chi connectivity index (χ2n) is 10.7. The molecule has 0 aromatic heterocycles. The van der Waals surface area contributed by atoms with E-state index in [9.17, 15) is 41.1 Å². The van der Waals surface area contributed by atoms with Crippen LogP contribution in [0, 0.1) is 29.1 Å². The molecule has 0 aliphatic carbocycles. The highest BCUT2D eigenvalue weighted by Crippen LogP contribution is 2.29. The zero-order valence-electron chi connectivity index (χ0n) is 29.7. The summed E-state index contributed by atoms with van der Waals surface area (Å²) in [5.74, 6) is -14.3. The summed E-state index contributed by atoms with van der Waals surface area (Å²) in [5.41, 5.74) is 6.40. The summed E-state index contributed by atoms with van der Waals surface area (Å²) in [6.45, 7) is 11.4. The standard InChI is InChI=1S/C17H17F5N2O5.C13H23N3O4.C2H7N/c1-9-8-10(25)24(23-9)3-5-28-7-6-27-4-2-11(26)29-17-15(21)13(19)12(18)14(20)16(17)22;1-3-14-12(17)4-6-19-8-9-20-7-5-16-13(18)10-11(2)15-16;1-2-3/h2-8H2,1H3;3-10H2,1-2H3,(H,14,17);2-3H2,1H3. The maximum atomic E-state index is 13.4. The number of carbonyl (C=O) groups excluding carboxylic acids is 4. The van der Waals surface area contributed by atoms with Crippen LogP contribution in [-0.2, 0) is 38.1 Å². The fourth-order valence-electron chi connectivity index (χ4n) is 3.96. The monoisotopic (exact) mass is 754 g/mol. The van der Waals surface area contributed by atoms with Gasteiger partial charge >= 0.3 is 5.97 Å². The van der Waals surface area contributed by atoms with E-state index in [0.29, 0.717) is 52.4 Å². The largest absolute Gasteiger partial charge is 0.420 e. The molecule has 2 heterocycles. The highest BCUT2D eigenvalue weighted by molar-refractivity contribution is 6.04. The summed E-state index contributed by atoms with van der Waals surface area (Å²) in [4.78, 5) is 45.5. The van der Waals surface area contributed by atoms with Gasteiger partial charge in [0.1, 0.15) is 0 Å². The Hall–Kier alpha value is -4.11. The number of ether oxygens (including phenoxy) is 5. The van der Waals surface area contributed by atoms with Crippen molar-refractivity contribution in [3.05, 3.63) is 29.1 Å². The van der Waals surface area contributed by atoms with Crippen molar-refractivity contribution >= 4 is 35.1 Å². The number of hydrazone groups is 2. The highest BCUT2D eigenvalue weighted by atomic mass is 19.2. The number of benzene rings is 1. The molecule has 0 spiro atoms. The first-order valence-electron chi connectivity index (χ1n) is 16.5. The van der Waals surface area contributed by atoms with Crippen LogP contribution < -0.4 is 15.8 Å². The number of halogens is 5. The molecule has 0 atom stereocenters.